The van der Waals surface area contributed by atoms with Gasteiger partial charge in [-0.1, -0.05) is 13.8 Å². The fourth-order valence-electron chi connectivity index (χ4n) is 1.93. The summed E-state index contributed by atoms with van der Waals surface area (Å²) in [7, 11) is 1.95. The summed E-state index contributed by atoms with van der Waals surface area (Å²) in [6, 6.07) is 0.439. The first-order valence-corrected chi connectivity index (χ1v) is 7.58. The second-order valence-corrected chi connectivity index (χ2v) is 5.15. The molecule has 0 aromatic heterocycles. The van der Waals surface area contributed by atoms with E-state index in [-0.39, 0.29) is 11.8 Å². The Bertz CT molecular complexity index is 231. The van der Waals surface area contributed by atoms with Crippen LogP contribution in [0.5, 0.6) is 0 Å². The molecule has 0 heterocycles. The van der Waals surface area contributed by atoms with E-state index in [1.165, 1.54) is 4.90 Å². The van der Waals surface area contributed by atoms with Gasteiger partial charge in [0, 0.05) is 25.0 Å². The van der Waals surface area contributed by atoms with Crippen LogP contribution in [0.15, 0.2) is 0 Å². The number of likely N-dealkylation sites (N-methyl/N-ethyl adjacent to an activating group) is 1. The SMILES string of the molecule is CCC(CNC)NCC(C)C(=O)NC[NH+](CC)CC. The molecule has 5 heteroatoms. The van der Waals surface area contributed by atoms with Gasteiger partial charge >= 0.3 is 0 Å². The first-order chi connectivity index (χ1) is 9.08. The lowest BCUT2D eigenvalue weighted by Gasteiger charge is -2.21. The van der Waals surface area contributed by atoms with Gasteiger partial charge in [0.1, 0.15) is 0 Å². The second-order valence-electron chi connectivity index (χ2n) is 5.15. The average molecular weight is 273 g/mol. The molecular weight excluding hydrogens is 240 g/mol. The molecule has 4 N–H and O–H groups in total. The summed E-state index contributed by atoms with van der Waals surface area (Å²) in [6.07, 6.45) is 1.07. The number of carbonyl (C=O) groups excluding carboxylic acids is 1. The van der Waals surface area contributed by atoms with Gasteiger partial charge in [-0.15, -0.1) is 0 Å². The summed E-state index contributed by atoms with van der Waals surface area (Å²) in [5, 5.41) is 9.62. The van der Waals surface area contributed by atoms with Crippen LogP contribution in [0.4, 0.5) is 0 Å². The third kappa shape index (κ3) is 8.18. The zero-order valence-corrected chi connectivity index (χ0v) is 13.3. The fraction of sp³-hybridized carbons (Fsp3) is 0.929. The summed E-state index contributed by atoms with van der Waals surface area (Å²) >= 11 is 0. The Kier molecular flexibility index (Phi) is 10.8. The highest BCUT2D eigenvalue weighted by atomic mass is 16.2. The number of amides is 1. The van der Waals surface area contributed by atoms with Crippen molar-refractivity contribution < 1.29 is 9.69 Å². The van der Waals surface area contributed by atoms with Crippen LogP contribution in [0.25, 0.3) is 0 Å². The highest BCUT2D eigenvalue weighted by Gasteiger charge is 2.15. The summed E-state index contributed by atoms with van der Waals surface area (Å²) in [6.45, 7) is 12.9. The standard InChI is InChI=1S/C14H32N4O/c1-6-13(10-15-5)16-9-12(4)14(19)17-11-18(7-2)8-3/h12-13,15-16H,6-11H2,1-5H3,(H,17,19)/p+1. The van der Waals surface area contributed by atoms with Crippen molar-refractivity contribution in [2.24, 2.45) is 5.92 Å². The zero-order valence-electron chi connectivity index (χ0n) is 13.3. The predicted molar refractivity (Wildman–Crippen MR) is 80.2 cm³/mol. The molecule has 0 aliphatic heterocycles. The van der Waals surface area contributed by atoms with Gasteiger partial charge in [-0.3, -0.25) is 4.79 Å². The maximum atomic E-state index is 12.0. The Morgan fingerprint density at radius 1 is 1.16 bits per heavy atom. The molecule has 5 nitrogen and oxygen atoms in total. The molecule has 2 unspecified atom stereocenters. The molecule has 1 amide bonds. The molecule has 114 valence electrons. The lowest BCUT2D eigenvalue weighted by atomic mass is 10.1. The molecule has 2 atom stereocenters. The molecule has 0 aliphatic rings. The average Bonchev–Trinajstić information content (AvgIpc) is 2.43. The summed E-state index contributed by atoms with van der Waals surface area (Å²) < 4.78 is 0. The third-order valence-corrected chi connectivity index (χ3v) is 3.62. The Labute approximate surface area is 118 Å². The molecule has 0 bridgehead atoms. The van der Waals surface area contributed by atoms with Crippen molar-refractivity contribution in [2.75, 3.05) is 39.9 Å². The van der Waals surface area contributed by atoms with E-state index in [0.717, 1.165) is 39.3 Å². The predicted octanol–water partition coefficient (Wildman–Crippen LogP) is -0.791. The van der Waals surface area contributed by atoms with Gasteiger partial charge in [-0.25, -0.2) is 0 Å². The van der Waals surface area contributed by atoms with Crippen molar-refractivity contribution in [2.45, 2.75) is 40.2 Å². The van der Waals surface area contributed by atoms with E-state index in [1.807, 2.05) is 14.0 Å². The van der Waals surface area contributed by atoms with E-state index in [0.29, 0.717) is 6.04 Å². The largest absolute Gasteiger partial charge is 0.318 e. The summed E-state index contributed by atoms with van der Waals surface area (Å²) in [5.74, 6) is 0.159. The minimum absolute atomic E-state index is 0.0147. The first kappa shape index (κ1) is 18.4. The Balaban J connectivity index is 3.92. The van der Waals surface area contributed by atoms with Crippen molar-refractivity contribution >= 4 is 5.91 Å². The van der Waals surface area contributed by atoms with Crippen molar-refractivity contribution in [3.63, 3.8) is 0 Å². The summed E-state index contributed by atoms with van der Waals surface area (Å²) in [4.78, 5) is 13.4. The summed E-state index contributed by atoms with van der Waals surface area (Å²) in [5.41, 5.74) is 0. The van der Waals surface area contributed by atoms with E-state index < -0.39 is 0 Å². The van der Waals surface area contributed by atoms with Crippen LogP contribution in [0.2, 0.25) is 0 Å². The van der Waals surface area contributed by atoms with Crippen LogP contribution >= 0.6 is 0 Å². The first-order valence-electron chi connectivity index (χ1n) is 7.58. The second kappa shape index (κ2) is 11.2. The smallest absolute Gasteiger partial charge is 0.228 e. The van der Waals surface area contributed by atoms with Gasteiger partial charge in [0.2, 0.25) is 5.91 Å². The van der Waals surface area contributed by atoms with Crippen LogP contribution in [-0.4, -0.2) is 51.8 Å². The monoisotopic (exact) mass is 273 g/mol. The molecule has 19 heavy (non-hydrogen) atoms. The van der Waals surface area contributed by atoms with Gasteiger partial charge in [0.15, 0.2) is 6.67 Å². The molecular formula is C14H33N4O+. The van der Waals surface area contributed by atoms with Crippen molar-refractivity contribution in [3.05, 3.63) is 0 Å². The van der Waals surface area contributed by atoms with Crippen LogP contribution in [0.1, 0.15) is 34.1 Å². The minimum atomic E-state index is 0.0147. The van der Waals surface area contributed by atoms with Crippen molar-refractivity contribution in [3.8, 4) is 0 Å². The van der Waals surface area contributed by atoms with Crippen LogP contribution in [-0.2, 0) is 4.79 Å². The highest BCUT2D eigenvalue weighted by Crippen LogP contribution is 1.95. The maximum absolute atomic E-state index is 12.0. The molecule has 0 aromatic carbocycles. The Morgan fingerprint density at radius 2 is 1.79 bits per heavy atom. The van der Waals surface area contributed by atoms with Crippen LogP contribution in [0, 0.1) is 5.92 Å². The molecule has 0 saturated heterocycles. The van der Waals surface area contributed by atoms with Gasteiger partial charge in [-0.2, -0.15) is 0 Å². The molecule has 0 aliphatic carbocycles. The van der Waals surface area contributed by atoms with Crippen molar-refractivity contribution in [1.29, 1.82) is 0 Å². The van der Waals surface area contributed by atoms with E-state index >= 15 is 0 Å². The number of hydrogen-bond donors (Lipinski definition) is 4. The van der Waals surface area contributed by atoms with Crippen LogP contribution in [0.3, 0.4) is 0 Å². The third-order valence-electron chi connectivity index (χ3n) is 3.62. The number of hydrogen-bond acceptors (Lipinski definition) is 3. The molecule has 0 fully saturated rings. The molecule has 0 spiro atoms. The van der Waals surface area contributed by atoms with E-state index in [2.05, 4.69) is 36.7 Å². The van der Waals surface area contributed by atoms with E-state index in [1.54, 1.807) is 0 Å². The minimum Gasteiger partial charge on any atom is -0.318 e. The number of rotatable bonds is 11. The zero-order chi connectivity index (χ0) is 14.7. The maximum Gasteiger partial charge on any atom is 0.228 e. The lowest BCUT2D eigenvalue weighted by molar-refractivity contribution is -0.898. The molecule has 0 rings (SSSR count). The van der Waals surface area contributed by atoms with Gasteiger partial charge in [0.05, 0.1) is 13.1 Å². The van der Waals surface area contributed by atoms with Crippen molar-refractivity contribution in [1.82, 2.24) is 16.0 Å². The number of nitrogens with one attached hydrogen (secondary N) is 4. The Hall–Kier alpha value is -0.650. The topological polar surface area (TPSA) is 57.6 Å². The highest BCUT2D eigenvalue weighted by molar-refractivity contribution is 5.78. The van der Waals surface area contributed by atoms with E-state index in [9.17, 15) is 4.79 Å². The molecule has 0 aromatic rings. The quantitative estimate of drug-likeness (QED) is 0.373. The van der Waals surface area contributed by atoms with Gasteiger partial charge in [0.25, 0.3) is 0 Å². The van der Waals surface area contributed by atoms with Gasteiger partial charge < -0.3 is 20.9 Å². The number of carbonyl (C=O) groups is 1. The van der Waals surface area contributed by atoms with Crippen LogP contribution < -0.4 is 20.9 Å². The number of quaternary nitrogens is 1. The van der Waals surface area contributed by atoms with Gasteiger partial charge in [-0.05, 0) is 27.3 Å². The molecule has 0 saturated carbocycles. The van der Waals surface area contributed by atoms with E-state index in [4.69, 9.17) is 0 Å². The lowest BCUT2D eigenvalue weighted by Crippen LogP contribution is -3.13. The fourth-order valence-corrected chi connectivity index (χ4v) is 1.93. The normalized spacial score (nSPS) is 14.4. The molecule has 0 radical (unpaired) electrons. The Morgan fingerprint density at radius 3 is 2.26 bits per heavy atom.